The van der Waals surface area contributed by atoms with E-state index in [2.05, 4.69) is 13.8 Å². The lowest BCUT2D eigenvalue weighted by molar-refractivity contribution is -0.185. The minimum absolute atomic E-state index is 0.0894. The Morgan fingerprint density at radius 3 is 2.23 bits per heavy atom. The molecular formula is C24H36O2. The van der Waals surface area contributed by atoms with E-state index in [1.165, 1.54) is 51.4 Å². The van der Waals surface area contributed by atoms with Crippen LogP contribution in [0.5, 0.6) is 0 Å². The van der Waals surface area contributed by atoms with E-state index >= 15 is 0 Å². The third-order valence-corrected chi connectivity index (χ3v) is 10.6. The van der Waals surface area contributed by atoms with Gasteiger partial charge in [-0.2, -0.15) is 0 Å². The largest absolute Gasteiger partial charge is 0.459 e. The maximum atomic E-state index is 13.2. The predicted molar refractivity (Wildman–Crippen MR) is 101 cm³/mol. The van der Waals surface area contributed by atoms with Crippen LogP contribution >= 0.6 is 0 Å². The molecule has 2 heteroatoms. The van der Waals surface area contributed by atoms with Crippen molar-refractivity contribution in [3.05, 3.63) is 0 Å². The quantitative estimate of drug-likeness (QED) is 0.628. The molecule has 0 aromatic carbocycles. The van der Waals surface area contributed by atoms with Gasteiger partial charge in [-0.3, -0.25) is 4.79 Å². The van der Waals surface area contributed by atoms with Gasteiger partial charge in [0.05, 0.1) is 5.92 Å². The van der Waals surface area contributed by atoms with Crippen LogP contribution in [0.3, 0.4) is 0 Å². The van der Waals surface area contributed by atoms with Gasteiger partial charge in [-0.05, 0) is 112 Å². The fourth-order valence-corrected chi connectivity index (χ4v) is 9.58. The van der Waals surface area contributed by atoms with Gasteiger partial charge in [-0.25, -0.2) is 0 Å². The summed E-state index contributed by atoms with van der Waals surface area (Å²) in [5.74, 6) is 8.12. The molecule has 0 amide bonds. The van der Waals surface area contributed by atoms with Crippen LogP contribution < -0.4 is 0 Å². The second-order valence-corrected chi connectivity index (χ2v) is 11.3. The van der Waals surface area contributed by atoms with Crippen molar-refractivity contribution in [2.45, 2.75) is 83.7 Å². The Morgan fingerprint density at radius 2 is 1.62 bits per heavy atom. The summed E-state index contributed by atoms with van der Waals surface area (Å²) in [7, 11) is 0. The normalized spacial score (nSPS) is 59.0. The molecule has 7 aliphatic carbocycles. The van der Waals surface area contributed by atoms with Crippen LogP contribution in [0, 0.1) is 59.2 Å². The summed E-state index contributed by atoms with van der Waals surface area (Å²) in [4.78, 5) is 13.2. The molecule has 0 aliphatic heterocycles. The Hall–Kier alpha value is -0.530. The van der Waals surface area contributed by atoms with Crippen molar-refractivity contribution in [1.29, 1.82) is 0 Å². The van der Waals surface area contributed by atoms with E-state index in [0.717, 1.165) is 54.3 Å². The van der Waals surface area contributed by atoms with Crippen LogP contribution in [0.4, 0.5) is 0 Å². The number of hydrogen-bond donors (Lipinski definition) is 0. The summed E-state index contributed by atoms with van der Waals surface area (Å²) in [6.45, 7) is 4.68. The highest BCUT2D eigenvalue weighted by atomic mass is 16.6. The van der Waals surface area contributed by atoms with Crippen molar-refractivity contribution in [3.63, 3.8) is 0 Å². The second kappa shape index (κ2) is 5.51. The molecule has 7 rings (SSSR count). The van der Waals surface area contributed by atoms with Gasteiger partial charge in [-0.1, -0.05) is 13.8 Å². The fourth-order valence-electron chi connectivity index (χ4n) is 9.58. The summed E-state index contributed by atoms with van der Waals surface area (Å²) in [6, 6.07) is 0. The highest BCUT2D eigenvalue weighted by molar-refractivity contribution is 5.74. The molecule has 7 saturated carbocycles. The maximum Gasteiger partial charge on any atom is 0.309 e. The highest BCUT2D eigenvalue weighted by Crippen LogP contribution is 2.69. The second-order valence-electron chi connectivity index (χ2n) is 11.3. The molecule has 9 unspecified atom stereocenters. The Balaban J connectivity index is 1.23. The third-order valence-electron chi connectivity index (χ3n) is 10.6. The Kier molecular flexibility index (Phi) is 3.48. The number of rotatable bonds is 3. The molecule has 7 fully saturated rings. The molecule has 0 spiro atoms. The number of ether oxygens (including phenoxy) is 1. The van der Waals surface area contributed by atoms with E-state index in [4.69, 9.17) is 4.74 Å². The molecule has 7 aliphatic rings. The fraction of sp³-hybridized carbons (Fsp3) is 0.958. The topological polar surface area (TPSA) is 26.3 Å². The van der Waals surface area contributed by atoms with E-state index in [9.17, 15) is 4.79 Å². The number of carbonyl (C=O) groups excluding carboxylic acids is 1. The minimum atomic E-state index is -0.0894. The lowest BCUT2D eigenvalue weighted by Crippen LogP contribution is -2.53. The zero-order valence-corrected chi connectivity index (χ0v) is 16.7. The van der Waals surface area contributed by atoms with Gasteiger partial charge in [0.15, 0.2) is 0 Å². The first-order valence-electron chi connectivity index (χ1n) is 11.8. The standard InChI is InChI=1S/C24H36O2/c1-3-24(26-23(25)19-10-16-9-17(19)8-13(16)2)12-18-11-20(24)22-15-6-4-14(5-7-15)21(18)22/h13-22H,3-12H2,1-2H3. The lowest BCUT2D eigenvalue weighted by Gasteiger charge is -2.55. The van der Waals surface area contributed by atoms with Gasteiger partial charge in [0, 0.05) is 5.92 Å². The van der Waals surface area contributed by atoms with E-state index in [-0.39, 0.29) is 17.5 Å². The van der Waals surface area contributed by atoms with Crippen LogP contribution in [0.25, 0.3) is 0 Å². The first-order valence-corrected chi connectivity index (χ1v) is 11.8. The Bertz CT molecular complexity index is 603. The summed E-state index contributed by atoms with van der Waals surface area (Å²) in [6.07, 6.45) is 13.2. The van der Waals surface area contributed by atoms with Crippen LogP contribution in [0.15, 0.2) is 0 Å². The average Bonchev–Trinajstić information content (AvgIpc) is 3.41. The van der Waals surface area contributed by atoms with Crippen molar-refractivity contribution in [3.8, 4) is 0 Å². The first kappa shape index (κ1) is 16.4. The maximum absolute atomic E-state index is 13.2. The predicted octanol–water partition coefficient (Wildman–Crippen LogP) is 5.45. The molecule has 26 heavy (non-hydrogen) atoms. The van der Waals surface area contributed by atoms with Gasteiger partial charge in [0.2, 0.25) is 0 Å². The lowest BCUT2D eigenvalue weighted by atomic mass is 9.52. The van der Waals surface area contributed by atoms with E-state index in [0.29, 0.717) is 11.8 Å². The van der Waals surface area contributed by atoms with Crippen molar-refractivity contribution >= 4 is 5.97 Å². The van der Waals surface area contributed by atoms with Crippen LogP contribution in [0.2, 0.25) is 0 Å². The zero-order chi connectivity index (χ0) is 17.6. The molecule has 6 bridgehead atoms. The molecule has 0 N–H and O–H groups in total. The molecule has 2 nitrogen and oxygen atoms in total. The van der Waals surface area contributed by atoms with Crippen molar-refractivity contribution < 1.29 is 9.53 Å². The van der Waals surface area contributed by atoms with Gasteiger partial charge in [-0.15, -0.1) is 0 Å². The summed E-state index contributed by atoms with van der Waals surface area (Å²) in [5.41, 5.74) is -0.0894. The molecule has 0 aromatic rings. The van der Waals surface area contributed by atoms with Crippen LogP contribution in [-0.4, -0.2) is 11.6 Å². The minimum Gasteiger partial charge on any atom is -0.459 e. The number of esters is 1. The van der Waals surface area contributed by atoms with Crippen molar-refractivity contribution in [1.82, 2.24) is 0 Å². The summed E-state index contributed by atoms with van der Waals surface area (Å²) in [5, 5.41) is 0. The highest BCUT2D eigenvalue weighted by Gasteiger charge is 2.66. The third kappa shape index (κ3) is 2.03. The number of hydrogen-bond acceptors (Lipinski definition) is 2. The zero-order valence-electron chi connectivity index (χ0n) is 16.7. The van der Waals surface area contributed by atoms with Gasteiger partial charge < -0.3 is 4.74 Å². The van der Waals surface area contributed by atoms with Crippen molar-refractivity contribution in [2.24, 2.45) is 59.2 Å². The first-order chi connectivity index (χ1) is 12.6. The smallest absolute Gasteiger partial charge is 0.309 e. The molecule has 0 aromatic heterocycles. The Morgan fingerprint density at radius 1 is 0.885 bits per heavy atom. The van der Waals surface area contributed by atoms with Gasteiger partial charge in [0.25, 0.3) is 0 Å². The van der Waals surface area contributed by atoms with Crippen LogP contribution in [-0.2, 0) is 9.53 Å². The monoisotopic (exact) mass is 356 g/mol. The van der Waals surface area contributed by atoms with Gasteiger partial charge in [0.1, 0.15) is 5.60 Å². The SMILES string of the molecule is CCC1(OC(=O)C2CC3CC2CC3C)CC2CC1C1C3CCC(CC3)C21. The van der Waals surface area contributed by atoms with E-state index in [1.807, 2.05) is 0 Å². The van der Waals surface area contributed by atoms with Gasteiger partial charge >= 0.3 is 5.97 Å². The number of fused-ring (bicyclic) bond motifs is 6. The van der Waals surface area contributed by atoms with E-state index < -0.39 is 0 Å². The molecule has 0 radical (unpaired) electrons. The molecule has 0 heterocycles. The Labute approximate surface area is 158 Å². The number of carbonyl (C=O) groups is 1. The molecular weight excluding hydrogens is 320 g/mol. The van der Waals surface area contributed by atoms with E-state index in [1.54, 1.807) is 0 Å². The molecule has 0 saturated heterocycles. The average molecular weight is 357 g/mol. The van der Waals surface area contributed by atoms with Crippen LogP contribution in [0.1, 0.15) is 78.1 Å². The summed E-state index contributed by atoms with van der Waals surface area (Å²) < 4.78 is 6.57. The van der Waals surface area contributed by atoms with Crippen molar-refractivity contribution in [2.75, 3.05) is 0 Å². The summed E-state index contributed by atoms with van der Waals surface area (Å²) >= 11 is 0. The molecule has 9 atom stereocenters. The molecule has 144 valence electrons.